The van der Waals surface area contributed by atoms with Crippen LogP contribution >= 0.6 is 0 Å². The number of pyridine rings is 1. The number of hydrogen-bond acceptors (Lipinski definition) is 7. The highest BCUT2D eigenvalue weighted by molar-refractivity contribution is 6.14. The number of carbonyl (C=O) groups is 5. The monoisotopic (exact) mass is 516 g/mol. The number of amides is 4. The van der Waals surface area contributed by atoms with E-state index in [4.69, 9.17) is 4.74 Å². The second-order valence-electron chi connectivity index (χ2n) is 10.5. The van der Waals surface area contributed by atoms with Crippen molar-refractivity contribution in [2.24, 2.45) is 17.8 Å². The van der Waals surface area contributed by atoms with Gasteiger partial charge in [0.2, 0.25) is 17.7 Å². The van der Waals surface area contributed by atoms with E-state index in [0.717, 1.165) is 23.3 Å². The summed E-state index contributed by atoms with van der Waals surface area (Å²) < 4.78 is 4.73. The van der Waals surface area contributed by atoms with E-state index >= 15 is 0 Å². The zero-order chi connectivity index (χ0) is 26.6. The van der Waals surface area contributed by atoms with E-state index in [0.29, 0.717) is 5.69 Å². The lowest BCUT2D eigenvalue weighted by molar-refractivity contribution is -0.170. The molecule has 10 heteroatoms. The minimum Gasteiger partial charge on any atom is -0.468 e. The molecule has 1 aromatic heterocycles. The number of ether oxygens (including phenoxy) is 1. The maximum absolute atomic E-state index is 14.6. The van der Waals surface area contributed by atoms with E-state index in [1.807, 2.05) is 36.4 Å². The molecular weight excluding hydrogens is 488 g/mol. The van der Waals surface area contributed by atoms with Crippen LogP contribution in [-0.4, -0.2) is 81.1 Å². The molecule has 1 saturated carbocycles. The van der Waals surface area contributed by atoms with Crippen molar-refractivity contribution >= 4 is 29.6 Å². The van der Waals surface area contributed by atoms with Gasteiger partial charge in [-0.25, -0.2) is 0 Å². The summed E-state index contributed by atoms with van der Waals surface area (Å²) in [7, 11) is 1.19. The van der Waals surface area contributed by atoms with Gasteiger partial charge in [0.15, 0.2) is 0 Å². The molecule has 1 aromatic carbocycles. The molecule has 0 radical (unpaired) electrons. The van der Waals surface area contributed by atoms with E-state index < -0.39 is 47.7 Å². The van der Waals surface area contributed by atoms with Gasteiger partial charge in [0.1, 0.15) is 18.6 Å². The van der Waals surface area contributed by atoms with Crippen molar-refractivity contribution < 1.29 is 28.7 Å². The first-order valence-electron chi connectivity index (χ1n) is 12.8. The first kappa shape index (κ1) is 24.3. The third kappa shape index (κ3) is 3.61. The predicted molar refractivity (Wildman–Crippen MR) is 132 cm³/mol. The molecule has 4 atom stereocenters. The van der Waals surface area contributed by atoms with E-state index in [-0.39, 0.29) is 37.2 Å². The van der Waals surface area contributed by atoms with Crippen LogP contribution in [0.4, 0.5) is 0 Å². The van der Waals surface area contributed by atoms with Crippen LogP contribution in [0.3, 0.4) is 0 Å². The lowest BCUT2D eigenvalue weighted by Crippen LogP contribution is -2.71. The Morgan fingerprint density at radius 1 is 1.03 bits per heavy atom. The number of fused-ring (bicyclic) bond motifs is 3. The zero-order valence-corrected chi connectivity index (χ0v) is 21.0. The number of hydrogen-bond donors (Lipinski definition) is 0. The molecule has 10 nitrogen and oxygen atoms in total. The second-order valence-corrected chi connectivity index (χ2v) is 10.5. The standard InChI is InChI=1S/C28H28N4O6/c1-38-21(34)16-31-25(35)22-23(26(31)36)28(13-17-7-3-2-4-8-17)27(37)30(14-19-9-5-6-12-29-19)15-20(33)32(28)24(22)18-10-11-18/h2-9,12,18,22-24H,10-11,13-16H2,1H3/t22-,23-,24-,28-/m1/s1. The van der Waals surface area contributed by atoms with Crippen molar-refractivity contribution in [1.82, 2.24) is 19.7 Å². The first-order chi connectivity index (χ1) is 18.4. The summed E-state index contributed by atoms with van der Waals surface area (Å²) in [6, 6.07) is 14.0. The molecule has 4 fully saturated rings. The SMILES string of the molecule is COC(=O)CN1C(=O)[C@H]2[C@@H](C3CC3)N3C(=O)CN(Cc4ccccn4)C(=O)[C@@]3(Cc3ccccc3)[C@H]2C1=O. The van der Waals surface area contributed by atoms with E-state index in [1.165, 1.54) is 12.0 Å². The van der Waals surface area contributed by atoms with Gasteiger partial charge < -0.3 is 14.5 Å². The number of likely N-dealkylation sites (tertiary alicyclic amines) is 1. The molecule has 38 heavy (non-hydrogen) atoms. The van der Waals surface area contributed by atoms with Crippen LogP contribution in [0.2, 0.25) is 0 Å². The number of esters is 1. The highest BCUT2D eigenvalue weighted by atomic mass is 16.5. The average molecular weight is 517 g/mol. The fourth-order valence-electron chi connectivity index (χ4n) is 6.67. The molecule has 0 spiro atoms. The molecule has 6 rings (SSSR count). The fraction of sp³-hybridized carbons (Fsp3) is 0.429. The fourth-order valence-corrected chi connectivity index (χ4v) is 6.67. The maximum atomic E-state index is 14.6. The summed E-state index contributed by atoms with van der Waals surface area (Å²) >= 11 is 0. The number of piperazine rings is 1. The molecule has 4 amide bonds. The van der Waals surface area contributed by atoms with E-state index in [2.05, 4.69) is 4.98 Å². The Balaban J connectivity index is 1.49. The van der Waals surface area contributed by atoms with Gasteiger partial charge in [0.05, 0.1) is 31.2 Å². The smallest absolute Gasteiger partial charge is 0.325 e. The lowest BCUT2D eigenvalue weighted by atomic mass is 9.74. The molecule has 3 aliphatic heterocycles. The Bertz CT molecular complexity index is 1310. The van der Waals surface area contributed by atoms with Crippen molar-refractivity contribution in [3.63, 3.8) is 0 Å². The minimum atomic E-state index is -1.58. The molecule has 196 valence electrons. The van der Waals surface area contributed by atoms with Gasteiger partial charge in [0.25, 0.3) is 5.91 Å². The molecular formula is C28H28N4O6. The van der Waals surface area contributed by atoms with Crippen molar-refractivity contribution in [2.75, 3.05) is 20.2 Å². The quantitative estimate of drug-likeness (QED) is 0.395. The van der Waals surface area contributed by atoms with Crippen molar-refractivity contribution in [2.45, 2.75) is 37.4 Å². The molecule has 1 aliphatic carbocycles. The summed E-state index contributed by atoms with van der Waals surface area (Å²) in [5.74, 6) is -4.43. The number of benzene rings is 1. The molecule has 3 saturated heterocycles. The van der Waals surface area contributed by atoms with Gasteiger partial charge in [-0.05, 0) is 36.5 Å². The van der Waals surface area contributed by atoms with Gasteiger partial charge in [-0.3, -0.25) is 33.9 Å². The number of aromatic nitrogens is 1. The third-order valence-electron chi connectivity index (χ3n) is 8.32. The molecule has 0 bridgehead atoms. The molecule has 0 unspecified atom stereocenters. The molecule has 4 aliphatic rings. The number of methoxy groups -OCH3 is 1. The first-order valence-corrected chi connectivity index (χ1v) is 12.8. The normalized spacial score (nSPS) is 28.6. The summed E-state index contributed by atoms with van der Waals surface area (Å²) in [5.41, 5.74) is -0.187. The largest absolute Gasteiger partial charge is 0.468 e. The number of imide groups is 1. The maximum Gasteiger partial charge on any atom is 0.325 e. The van der Waals surface area contributed by atoms with Crippen LogP contribution < -0.4 is 0 Å². The third-order valence-corrected chi connectivity index (χ3v) is 8.32. The summed E-state index contributed by atoms with van der Waals surface area (Å²) in [6.45, 7) is -0.558. The van der Waals surface area contributed by atoms with Gasteiger partial charge in [0, 0.05) is 18.7 Å². The van der Waals surface area contributed by atoms with E-state index in [1.54, 1.807) is 23.2 Å². The van der Waals surface area contributed by atoms with Crippen LogP contribution in [0.5, 0.6) is 0 Å². The molecule has 0 N–H and O–H groups in total. The zero-order valence-electron chi connectivity index (χ0n) is 21.0. The minimum absolute atomic E-state index is 0.0223. The Hall–Kier alpha value is -4.08. The van der Waals surface area contributed by atoms with Gasteiger partial charge in [-0.1, -0.05) is 36.4 Å². The lowest BCUT2D eigenvalue weighted by Gasteiger charge is -2.49. The Morgan fingerprint density at radius 2 is 1.76 bits per heavy atom. The van der Waals surface area contributed by atoms with Crippen LogP contribution in [0, 0.1) is 17.8 Å². The van der Waals surface area contributed by atoms with E-state index in [9.17, 15) is 24.0 Å². The number of nitrogens with zero attached hydrogens (tertiary/aromatic N) is 4. The topological polar surface area (TPSA) is 117 Å². The van der Waals surface area contributed by atoms with Gasteiger partial charge >= 0.3 is 5.97 Å². The highest BCUT2D eigenvalue weighted by Gasteiger charge is 2.76. The predicted octanol–water partition coefficient (Wildman–Crippen LogP) is 0.800. The Morgan fingerprint density at radius 3 is 2.42 bits per heavy atom. The molecule has 4 heterocycles. The second kappa shape index (κ2) is 9.04. The van der Waals surface area contributed by atoms with Crippen molar-refractivity contribution in [3.05, 3.63) is 66.0 Å². The molecule has 2 aromatic rings. The highest BCUT2D eigenvalue weighted by Crippen LogP contribution is 2.57. The van der Waals surface area contributed by atoms with Crippen LogP contribution in [-0.2, 0) is 41.7 Å². The van der Waals surface area contributed by atoms with Crippen LogP contribution in [0.1, 0.15) is 24.1 Å². The number of carbonyl (C=O) groups excluding carboxylic acids is 5. The van der Waals surface area contributed by atoms with Gasteiger partial charge in [-0.2, -0.15) is 0 Å². The number of rotatable bonds is 7. The summed E-state index contributed by atoms with van der Waals surface area (Å²) in [4.78, 5) is 76.6. The van der Waals surface area contributed by atoms with Crippen LogP contribution in [0.15, 0.2) is 54.7 Å². The Labute approximate surface area is 219 Å². The summed E-state index contributed by atoms with van der Waals surface area (Å²) in [6.07, 6.45) is 3.33. The summed E-state index contributed by atoms with van der Waals surface area (Å²) in [5, 5.41) is 0. The van der Waals surface area contributed by atoms with Crippen LogP contribution in [0.25, 0.3) is 0 Å². The Kier molecular flexibility index (Phi) is 5.77. The van der Waals surface area contributed by atoms with Crippen molar-refractivity contribution in [1.29, 1.82) is 0 Å². The van der Waals surface area contributed by atoms with Gasteiger partial charge in [-0.15, -0.1) is 0 Å². The average Bonchev–Trinajstić information content (AvgIpc) is 3.68. The van der Waals surface area contributed by atoms with Crippen molar-refractivity contribution in [3.8, 4) is 0 Å².